The molecular formula is C24H24F3N3O3. The van der Waals surface area contributed by atoms with E-state index in [0.717, 1.165) is 12.1 Å². The predicted octanol–water partition coefficient (Wildman–Crippen LogP) is 5.17. The summed E-state index contributed by atoms with van der Waals surface area (Å²) in [5, 5.41) is 2.38. The van der Waals surface area contributed by atoms with Gasteiger partial charge in [0.25, 0.3) is 0 Å². The van der Waals surface area contributed by atoms with Crippen LogP contribution in [-0.2, 0) is 17.9 Å². The highest BCUT2D eigenvalue weighted by molar-refractivity contribution is 5.92. The number of furan rings is 1. The van der Waals surface area contributed by atoms with Crippen LogP contribution in [0, 0.1) is 17.5 Å². The minimum atomic E-state index is -0.922. The zero-order valence-electron chi connectivity index (χ0n) is 18.2. The molecule has 0 aliphatic rings. The maximum atomic E-state index is 14.0. The summed E-state index contributed by atoms with van der Waals surface area (Å²) in [5.74, 6) is -1.93. The van der Waals surface area contributed by atoms with Gasteiger partial charge >= 0.3 is 6.03 Å². The lowest BCUT2D eigenvalue weighted by Gasteiger charge is -2.30. The van der Waals surface area contributed by atoms with E-state index in [9.17, 15) is 22.8 Å². The number of benzene rings is 2. The number of amides is 3. The van der Waals surface area contributed by atoms with Crippen LogP contribution in [0.5, 0.6) is 0 Å². The summed E-state index contributed by atoms with van der Waals surface area (Å²) in [6, 6.07) is 10.9. The predicted molar refractivity (Wildman–Crippen MR) is 117 cm³/mol. The van der Waals surface area contributed by atoms with E-state index >= 15 is 0 Å². The number of urea groups is 1. The van der Waals surface area contributed by atoms with Gasteiger partial charge in [-0.15, -0.1) is 0 Å². The van der Waals surface area contributed by atoms with Crippen LogP contribution in [0.2, 0.25) is 0 Å². The van der Waals surface area contributed by atoms with Gasteiger partial charge in [-0.2, -0.15) is 0 Å². The number of nitrogens with one attached hydrogen (secondary N) is 1. The van der Waals surface area contributed by atoms with Crippen molar-refractivity contribution in [1.82, 2.24) is 9.80 Å². The van der Waals surface area contributed by atoms with Crippen molar-refractivity contribution in [2.75, 3.05) is 11.9 Å². The minimum absolute atomic E-state index is 0.142. The highest BCUT2D eigenvalue weighted by Gasteiger charge is 2.25. The van der Waals surface area contributed by atoms with Crippen molar-refractivity contribution in [3.63, 3.8) is 0 Å². The topological polar surface area (TPSA) is 65.8 Å². The second-order valence-corrected chi connectivity index (χ2v) is 7.73. The zero-order valence-corrected chi connectivity index (χ0v) is 18.2. The molecule has 0 aliphatic heterocycles. The number of carbonyl (C=O) groups excluding carboxylic acids is 2. The van der Waals surface area contributed by atoms with Crippen LogP contribution in [-0.4, -0.2) is 34.3 Å². The molecule has 0 bridgehead atoms. The number of hydrogen-bond donors (Lipinski definition) is 1. The molecule has 3 aromatic rings. The number of nitrogens with zero attached hydrogens (tertiary/aromatic N) is 2. The van der Waals surface area contributed by atoms with Gasteiger partial charge in [-0.05, 0) is 55.8 Å². The third-order valence-electron chi connectivity index (χ3n) is 4.93. The first-order valence-electron chi connectivity index (χ1n) is 10.3. The molecule has 9 heteroatoms. The molecule has 0 unspecified atom stereocenters. The second-order valence-electron chi connectivity index (χ2n) is 7.73. The van der Waals surface area contributed by atoms with Crippen molar-refractivity contribution >= 4 is 17.6 Å². The third-order valence-corrected chi connectivity index (χ3v) is 4.93. The molecule has 3 amide bonds. The molecule has 33 heavy (non-hydrogen) atoms. The Bertz CT molecular complexity index is 1090. The van der Waals surface area contributed by atoms with Crippen LogP contribution in [0.25, 0.3) is 0 Å². The molecule has 6 nitrogen and oxygen atoms in total. The highest BCUT2D eigenvalue weighted by atomic mass is 19.1. The van der Waals surface area contributed by atoms with E-state index in [1.807, 2.05) is 0 Å². The molecule has 1 heterocycles. The van der Waals surface area contributed by atoms with E-state index in [0.29, 0.717) is 17.4 Å². The average Bonchev–Trinajstić information content (AvgIpc) is 3.27. The van der Waals surface area contributed by atoms with Crippen molar-refractivity contribution in [3.05, 3.63) is 89.6 Å². The monoisotopic (exact) mass is 459 g/mol. The van der Waals surface area contributed by atoms with Gasteiger partial charge in [0.05, 0.1) is 18.5 Å². The van der Waals surface area contributed by atoms with Gasteiger partial charge in [0.2, 0.25) is 5.91 Å². The first-order chi connectivity index (χ1) is 15.7. The van der Waals surface area contributed by atoms with Gasteiger partial charge in [-0.3, -0.25) is 4.79 Å². The van der Waals surface area contributed by atoms with Crippen LogP contribution in [0.1, 0.15) is 25.2 Å². The summed E-state index contributed by atoms with van der Waals surface area (Å²) in [4.78, 5) is 28.7. The Labute approximate surface area is 189 Å². The van der Waals surface area contributed by atoms with Crippen molar-refractivity contribution < 1.29 is 27.2 Å². The molecule has 0 fully saturated rings. The highest BCUT2D eigenvalue weighted by Crippen LogP contribution is 2.17. The Morgan fingerprint density at radius 1 is 0.970 bits per heavy atom. The van der Waals surface area contributed by atoms with Gasteiger partial charge in [0.15, 0.2) is 0 Å². The quantitative estimate of drug-likeness (QED) is 0.506. The van der Waals surface area contributed by atoms with E-state index in [1.165, 1.54) is 28.2 Å². The van der Waals surface area contributed by atoms with Gasteiger partial charge < -0.3 is 19.5 Å². The molecular weight excluding hydrogens is 435 g/mol. The normalized spacial score (nSPS) is 10.8. The first kappa shape index (κ1) is 23.9. The SMILES string of the molecule is CC(C)N(CC(=O)N(Cc1ccc(F)cc1)Cc1ccco1)C(=O)Nc1ccc(F)cc1F. The molecule has 174 valence electrons. The van der Waals surface area contributed by atoms with Gasteiger partial charge in [-0.25, -0.2) is 18.0 Å². The number of anilines is 1. The Hall–Kier alpha value is -3.75. The van der Waals surface area contributed by atoms with Crippen molar-refractivity contribution in [3.8, 4) is 0 Å². The summed E-state index contributed by atoms with van der Waals surface area (Å²) in [6.07, 6.45) is 1.49. The Kier molecular flexibility index (Phi) is 7.76. The number of carbonyl (C=O) groups is 2. The molecule has 0 saturated heterocycles. The second kappa shape index (κ2) is 10.7. The van der Waals surface area contributed by atoms with E-state index in [4.69, 9.17) is 4.42 Å². The van der Waals surface area contributed by atoms with E-state index in [1.54, 1.807) is 38.1 Å². The van der Waals surface area contributed by atoms with Crippen LogP contribution in [0.4, 0.5) is 23.7 Å². The Morgan fingerprint density at radius 3 is 2.27 bits per heavy atom. The van der Waals surface area contributed by atoms with Gasteiger partial charge in [0, 0.05) is 18.7 Å². The summed E-state index contributed by atoms with van der Waals surface area (Å²) in [6.45, 7) is 3.44. The summed E-state index contributed by atoms with van der Waals surface area (Å²) in [7, 11) is 0. The molecule has 0 radical (unpaired) electrons. The molecule has 0 aliphatic carbocycles. The fourth-order valence-electron chi connectivity index (χ4n) is 3.15. The first-order valence-corrected chi connectivity index (χ1v) is 10.3. The summed E-state index contributed by atoms with van der Waals surface area (Å²) >= 11 is 0. The molecule has 1 N–H and O–H groups in total. The van der Waals surface area contributed by atoms with Crippen LogP contribution >= 0.6 is 0 Å². The molecule has 0 atom stereocenters. The lowest BCUT2D eigenvalue weighted by atomic mass is 10.2. The number of hydrogen-bond acceptors (Lipinski definition) is 3. The fourth-order valence-corrected chi connectivity index (χ4v) is 3.15. The third kappa shape index (κ3) is 6.61. The van der Waals surface area contributed by atoms with Gasteiger partial charge in [0.1, 0.15) is 29.8 Å². The Morgan fingerprint density at radius 2 is 1.67 bits per heavy atom. The summed E-state index contributed by atoms with van der Waals surface area (Å²) < 4.78 is 45.7. The molecule has 2 aromatic carbocycles. The largest absolute Gasteiger partial charge is 0.467 e. The molecule has 0 saturated carbocycles. The van der Waals surface area contributed by atoms with Gasteiger partial charge in [-0.1, -0.05) is 12.1 Å². The number of halogens is 3. The maximum absolute atomic E-state index is 14.0. The van der Waals surface area contributed by atoms with E-state index < -0.39 is 29.5 Å². The fraction of sp³-hybridized carbons (Fsp3) is 0.250. The smallest absolute Gasteiger partial charge is 0.322 e. The van der Waals surface area contributed by atoms with Crippen molar-refractivity contribution in [2.24, 2.45) is 0 Å². The average molecular weight is 459 g/mol. The number of rotatable bonds is 8. The molecule has 3 rings (SSSR count). The zero-order chi connectivity index (χ0) is 24.0. The molecule has 1 aromatic heterocycles. The summed E-state index contributed by atoms with van der Waals surface area (Å²) in [5.41, 5.74) is 0.503. The van der Waals surface area contributed by atoms with E-state index in [2.05, 4.69) is 5.32 Å². The van der Waals surface area contributed by atoms with Crippen LogP contribution in [0.15, 0.2) is 65.3 Å². The Balaban J connectivity index is 1.76. The maximum Gasteiger partial charge on any atom is 0.322 e. The van der Waals surface area contributed by atoms with Crippen LogP contribution in [0.3, 0.4) is 0 Å². The van der Waals surface area contributed by atoms with Crippen LogP contribution < -0.4 is 5.32 Å². The van der Waals surface area contributed by atoms with Crippen molar-refractivity contribution in [1.29, 1.82) is 0 Å². The lowest BCUT2D eigenvalue weighted by molar-refractivity contribution is -0.133. The molecule has 0 spiro atoms. The standard InChI is InChI=1S/C24H24F3N3O3/c1-16(2)30(24(32)28-22-10-9-19(26)12-21(22)27)15-23(31)29(14-20-4-3-11-33-20)13-17-5-7-18(25)8-6-17/h3-12,16H,13-15H2,1-2H3,(H,28,32). The van der Waals surface area contributed by atoms with E-state index in [-0.39, 0.29) is 31.2 Å². The van der Waals surface area contributed by atoms with Crippen molar-refractivity contribution in [2.45, 2.75) is 33.0 Å². The minimum Gasteiger partial charge on any atom is -0.467 e. The lowest BCUT2D eigenvalue weighted by Crippen LogP contribution is -2.47.